The van der Waals surface area contributed by atoms with Gasteiger partial charge in [0.05, 0.1) is 30.0 Å². The van der Waals surface area contributed by atoms with Crippen molar-refractivity contribution >= 4 is 44.5 Å². The lowest BCUT2D eigenvalue weighted by atomic mass is 9.99. The zero-order valence-electron chi connectivity index (χ0n) is 21.1. The number of methoxy groups -OCH3 is 1. The largest absolute Gasteiger partial charge is 0.493 e. The molecule has 9 nitrogen and oxygen atoms in total. The Balaban J connectivity index is 1.68. The maximum atomic E-state index is 13.3. The van der Waals surface area contributed by atoms with Gasteiger partial charge in [-0.1, -0.05) is 48.5 Å². The van der Waals surface area contributed by atoms with Gasteiger partial charge in [0.1, 0.15) is 15.4 Å². The Morgan fingerprint density at radius 2 is 1.77 bits per heavy atom. The van der Waals surface area contributed by atoms with Gasteiger partial charge in [0.15, 0.2) is 11.5 Å². The lowest BCUT2D eigenvalue weighted by molar-refractivity contribution is -0.383. The number of carbonyl (C=O) groups is 1. The first-order chi connectivity index (χ1) is 18.9. The molecule has 0 aliphatic heterocycles. The van der Waals surface area contributed by atoms with Gasteiger partial charge in [-0.25, -0.2) is 4.98 Å². The monoisotopic (exact) mass is 540 g/mol. The summed E-state index contributed by atoms with van der Waals surface area (Å²) in [5.41, 5.74) is 9.86. The molecule has 0 bridgehead atoms. The minimum Gasteiger partial charge on any atom is -0.493 e. The number of para-hydroxylation sites is 2. The summed E-state index contributed by atoms with van der Waals surface area (Å²) in [5, 5.41) is 14.7. The molecule has 2 aromatic heterocycles. The van der Waals surface area contributed by atoms with Crippen molar-refractivity contribution in [3.8, 4) is 33.9 Å². The van der Waals surface area contributed by atoms with Crippen LogP contribution in [-0.2, 0) is 0 Å². The Labute approximate surface area is 228 Å². The number of anilines is 2. The molecule has 196 valence electrons. The van der Waals surface area contributed by atoms with Gasteiger partial charge in [0.2, 0.25) is 0 Å². The van der Waals surface area contributed by atoms with E-state index in [0.717, 1.165) is 28.0 Å². The summed E-state index contributed by atoms with van der Waals surface area (Å²) in [6.45, 7) is 2.39. The highest BCUT2D eigenvalue weighted by atomic mass is 32.1. The number of nitrogens with two attached hydrogens (primary N) is 1. The summed E-state index contributed by atoms with van der Waals surface area (Å²) < 4.78 is 11.2. The van der Waals surface area contributed by atoms with Crippen LogP contribution in [0.2, 0.25) is 0 Å². The van der Waals surface area contributed by atoms with E-state index in [1.165, 1.54) is 18.2 Å². The minimum atomic E-state index is -0.554. The average molecular weight is 541 g/mol. The Kier molecular flexibility index (Phi) is 7.11. The fraction of sp³-hybridized carbons (Fsp3) is 0.103. The number of nitrogen functional groups attached to an aromatic ring is 1. The van der Waals surface area contributed by atoms with E-state index in [0.29, 0.717) is 34.0 Å². The number of aromatic nitrogens is 1. The Bertz CT molecular complexity index is 1700. The number of rotatable bonds is 8. The second-order valence-corrected chi connectivity index (χ2v) is 9.47. The zero-order valence-corrected chi connectivity index (χ0v) is 22.0. The highest BCUT2D eigenvalue weighted by molar-refractivity contribution is 7.21. The lowest BCUT2D eigenvalue weighted by Crippen LogP contribution is -2.13. The normalized spacial score (nSPS) is 10.8. The molecule has 0 saturated heterocycles. The van der Waals surface area contributed by atoms with Crippen LogP contribution in [0.3, 0.4) is 0 Å². The van der Waals surface area contributed by atoms with E-state index in [-0.39, 0.29) is 21.9 Å². The standard InChI is InChI=1S/C29H24N4O5S/c1-3-38-23-14-13-18(15-24(23)37-2)19-16-21(17-9-5-4-6-10-17)32-29-25(19)26(30)27(39-29)28(34)31-20-11-7-8-12-22(20)33(35)36/h4-16H,3,30H2,1-2H3,(H,31,34). The van der Waals surface area contributed by atoms with Gasteiger partial charge in [-0.15, -0.1) is 11.3 Å². The summed E-state index contributed by atoms with van der Waals surface area (Å²) >= 11 is 1.13. The number of hydrogen-bond acceptors (Lipinski definition) is 8. The molecule has 3 aromatic carbocycles. The van der Waals surface area contributed by atoms with E-state index >= 15 is 0 Å². The number of carbonyl (C=O) groups excluding carboxylic acids is 1. The molecule has 0 spiro atoms. The van der Waals surface area contributed by atoms with Crippen molar-refractivity contribution in [2.24, 2.45) is 0 Å². The Morgan fingerprint density at radius 3 is 2.49 bits per heavy atom. The number of nitro benzene ring substituents is 1. The van der Waals surface area contributed by atoms with Gasteiger partial charge in [-0.2, -0.15) is 0 Å². The van der Waals surface area contributed by atoms with Crippen LogP contribution in [-0.4, -0.2) is 29.5 Å². The number of ether oxygens (including phenoxy) is 2. The van der Waals surface area contributed by atoms with Crippen molar-refractivity contribution in [3.63, 3.8) is 0 Å². The van der Waals surface area contributed by atoms with E-state index in [2.05, 4.69) is 5.32 Å². The molecule has 39 heavy (non-hydrogen) atoms. The summed E-state index contributed by atoms with van der Waals surface area (Å²) in [5.74, 6) is 0.616. The van der Waals surface area contributed by atoms with E-state index in [1.807, 2.05) is 61.5 Å². The molecule has 0 saturated carbocycles. The van der Waals surface area contributed by atoms with E-state index in [1.54, 1.807) is 13.2 Å². The van der Waals surface area contributed by atoms with Crippen molar-refractivity contribution in [1.82, 2.24) is 4.98 Å². The first kappa shape index (κ1) is 25.7. The molecule has 0 atom stereocenters. The zero-order chi connectivity index (χ0) is 27.5. The Hall–Kier alpha value is -4.96. The van der Waals surface area contributed by atoms with Crippen LogP contribution in [0.5, 0.6) is 11.5 Å². The fourth-order valence-electron chi connectivity index (χ4n) is 4.30. The number of nitrogens with one attached hydrogen (secondary N) is 1. The van der Waals surface area contributed by atoms with Crippen molar-refractivity contribution in [2.45, 2.75) is 6.92 Å². The third kappa shape index (κ3) is 4.97. The fourth-order valence-corrected chi connectivity index (χ4v) is 5.32. The topological polar surface area (TPSA) is 130 Å². The maximum absolute atomic E-state index is 13.3. The van der Waals surface area contributed by atoms with Crippen LogP contribution in [0.25, 0.3) is 32.6 Å². The number of benzene rings is 3. The summed E-state index contributed by atoms with van der Waals surface area (Å²) in [6.07, 6.45) is 0. The SMILES string of the molecule is CCOc1ccc(-c2cc(-c3ccccc3)nc3sc(C(=O)Nc4ccccc4[N+](=O)[O-])c(N)c23)cc1OC. The third-order valence-electron chi connectivity index (χ3n) is 6.10. The number of nitrogens with zero attached hydrogens (tertiary/aromatic N) is 2. The molecule has 1 amide bonds. The number of pyridine rings is 1. The number of hydrogen-bond donors (Lipinski definition) is 2. The van der Waals surface area contributed by atoms with Crippen molar-refractivity contribution in [2.75, 3.05) is 24.8 Å². The van der Waals surface area contributed by atoms with Crippen molar-refractivity contribution < 1.29 is 19.2 Å². The molecular weight excluding hydrogens is 516 g/mol. The number of nitro groups is 1. The second-order valence-electron chi connectivity index (χ2n) is 8.47. The first-order valence-electron chi connectivity index (χ1n) is 12.1. The molecule has 0 radical (unpaired) electrons. The number of amides is 1. The molecule has 0 fully saturated rings. The highest BCUT2D eigenvalue weighted by Crippen LogP contribution is 2.43. The van der Waals surface area contributed by atoms with Crippen molar-refractivity contribution in [3.05, 3.63) is 93.9 Å². The lowest BCUT2D eigenvalue weighted by Gasteiger charge is -2.13. The van der Waals surface area contributed by atoms with Crippen LogP contribution < -0.4 is 20.5 Å². The van der Waals surface area contributed by atoms with E-state index < -0.39 is 10.8 Å². The predicted molar refractivity (Wildman–Crippen MR) is 154 cm³/mol. The highest BCUT2D eigenvalue weighted by Gasteiger charge is 2.24. The van der Waals surface area contributed by atoms with Gasteiger partial charge in [-0.3, -0.25) is 14.9 Å². The van der Waals surface area contributed by atoms with Gasteiger partial charge < -0.3 is 20.5 Å². The molecule has 5 aromatic rings. The quantitative estimate of drug-likeness (QED) is 0.164. The van der Waals surface area contributed by atoms with Crippen molar-refractivity contribution in [1.29, 1.82) is 0 Å². The summed E-state index contributed by atoms with van der Waals surface area (Å²) in [7, 11) is 1.57. The molecule has 5 rings (SSSR count). The number of fused-ring (bicyclic) bond motifs is 1. The molecular formula is C29H24N4O5S. The summed E-state index contributed by atoms with van der Waals surface area (Å²) in [6, 6.07) is 23.2. The van der Waals surface area contributed by atoms with Crippen LogP contribution >= 0.6 is 11.3 Å². The van der Waals surface area contributed by atoms with Crippen LogP contribution in [0.4, 0.5) is 17.1 Å². The molecule has 0 aliphatic rings. The first-order valence-corrected chi connectivity index (χ1v) is 12.9. The predicted octanol–water partition coefficient (Wildman–Crippen LogP) is 6.78. The molecule has 0 aliphatic carbocycles. The van der Waals surface area contributed by atoms with E-state index in [4.69, 9.17) is 20.2 Å². The van der Waals surface area contributed by atoms with Crippen LogP contribution in [0, 0.1) is 10.1 Å². The van der Waals surface area contributed by atoms with Gasteiger partial charge in [0, 0.05) is 17.0 Å². The van der Waals surface area contributed by atoms with Gasteiger partial charge >= 0.3 is 0 Å². The number of thiophene rings is 1. The van der Waals surface area contributed by atoms with E-state index in [9.17, 15) is 14.9 Å². The average Bonchev–Trinajstić information content (AvgIpc) is 3.30. The Morgan fingerprint density at radius 1 is 1.03 bits per heavy atom. The smallest absolute Gasteiger partial charge is 0.292 e. The third-order valence-corrected chi connectivity index (χ3v) is 7.20. The molecule has 10 heteroatoms. The van der Waals surface area contributed by atoms with Gasteiger partial charge in [0.25, 0.3) is 11.6 Å². The molecule has 2 heterocycles. The van der Waals surface area contributed by atoms with Crippen LogP contribution in [0.15, 0.2) is 78.9 Å². The maximum Gasteiger partial charge on any atom is 0.292 e. The molecule has 0 unspecified atom stereocenters. The van der Waals surface area contributed by atoms with Crippen LogP contribution in [0.1, 0.15) is 16.6 Å². The van der Waals surface area contributed by atoms with Gasteiger partial charge in [-0.05, 0) is 42.3 Å². The minimum absolute atomic E-state index is 0.0822. The second kappa shape index (κ2) is 10.8. The molecule has 3 N–H and O–H groups in total. The summed E-state index contributed by atoms with van der Waals surface area (Å²) in [4.78, 5) is 29.8.